The van der Waals surface area contributed by atoms with E-state index in [0.717, 1.165) is 25.2 Å². The number of pyridine rings is 1. The van der Waals surface area contributed by atoms with Crippen molar-refractivity contribution < 1.29 is 14.7 Å². The molecule has 0 unspecified atom stereocenters. The highest BCUT2D eigenvalue weighted by molar-refractivity contribution is 6.05. The van der Waals surface area contributed by atoms with Crippen molar-refractivity contribution in [3.05, 3.63) is 65.7 Å². The monoisotopic (exact) mass is 461 g/mol. The number of anilines is 3. The van der Waals surface area contributed by atoms with E-state index in [0.29, 0.717) is 35.1 Å². The SMILES string of the molecule is Cc1ccc(O)cc1C(=O)Nc1cnc(Nc2ccc(C(=O)NCCN3CCCC3)nc2)nc1. The number of hydrogen-bond donors (Lipinski definition) is 4. The number of carbonyl (C=O) groups excluding carboxylic acids is 2. The first-order valence-electron chi connectivity index (χ1n) is 11.1. The molecule has 3 aromatic rings. The Bertz CT molecular complexity index is 1140. The topological polar surface area (TPSA) is 132 Å². The van der Waals surface area contributed by atoms with Crippen molar-refractivity contribution in [3.8, 4) is 5.75 Å². The maximum Gasteiger partial charge on any atom is 0.269 e. The molecule has 34 heavy (non-hydrogen) atoms. The van der Waals surface area contributed by atoms with Crippen molar-refractivity contribution in [2.75, 3.05) is 36.8 Å². The van der Waals surface area contributed by atoms with Crippen LogP contribution in [0.3, 0.4) is 0 Å². The Morgan fingerprint density at radius 3 is 2.41 bits per heavy atom. The van der Waals surface area contributed by atoms with Crippen LogP contribution in [-0.2, 0) is 0 Å². The van der Waals surface area contributed by atoms with Crippen molar-refractivity contribution in [2.24, 2.45) is 0 Å². The van der Waals surface area contributed by atoms with Gasteiger partial charge < -0.3 is 26.0 Å². The first-order valence-corrected chi connectivity index (χ1v) is 11.1. The molecule has 1 aromatic carbocycles. The Morgan fingerprint density at radius 2 is 1.71 bits per heavy atom. The summed E-state index contributed by atoms with van der Waals surface area (Å²) in [5, 5.41) is 18.2. The van der Waals surface area contributed by atoms with E-state index in [-0.39, 0.29) is 17.6 Å². The van der Waals surface area contributed by atoms with Gasteiger partial charge in [-0.25, -0.2) is 15.0 Å². The quantitative estimate of drug-likeness (QED) is 0.403. The van der Waals surface area contributed by atoms with Crippen LogP contribution in [0.4, 0.5) is 17.3 Å². The fourth-order valence-corrected chi connectivity index (χ4v) is 3.67. The van der Waals surface area contributed by atoms with E-state index in [2.05, 4.69) is 35.8 Å². The van der Waals surface area contributed by atoms with Gasteiger partial charge in [-0.3, -0.25) is 9.59 Å². The Morgan fingerprint density at radius 1 is 0.971 bits per heavy atom. The third kappa shape index (κ3) is 6.04. The van der Waals surface area contributed by atoms with Gasteiger partial charge in [0, 0.05) is 18.7 Å². The molecule has 0 bridgehead atoms. The van der Waals surface area contributed by atoms with E-state index in [1.165, 1.54) is 37.4 Å². The molecule has 176 valence electrons. The smallest absolute Gasteiger partial charge is 0.269 e. The average Bonchev–Trinajstić information content (AvgIpc) is 3.36. The van der Waals surface area contributed by atoms with Crippen molar-refractivity contribution in [1.82, 2.24) is 25.2 Å². The summed E-state index contributed by atoms with van der Waals surface area (Å²) in [7, 11) is 0. The summed E-state index contributed by atoms with van der Waals surface area (Å²) in [6, 6.07) is 7.97. The molecule has 3 heterocycles. The summed E-state index contributed by atoms with van der Waals surface area (Å²) >= 11 is 0. The zero-order chi connectivity index (χ0) is 23.9. The van der Waals surface area contributed by atoms with E-state index in [1.54, 1.807) is 31.3 Å². The molecule has 2 aromatic heterocycles. The van der Waals surface area contributed by atoms with Gasteiger partial charge in [0.05, 0.1) is 30.0 Å². The first kappa shape index (κ1) is 23.1. The highest BCUT2D eigenvalue weighted by atomic mass is 16.3. The summed E-state index contributed by atoms with van der Waals surface area (Å²) in [4.78, 5) is 39.7. The molecule has 4 rings (SSSR count). The van der Waals surface area contributed by atoms with Gasteiger partial charge in [-0.05, 0) is 62.7 Å². The Kier molecular flexibility index (Phi) is 7.28. The zero-order valence-corrected chi connectivity index (χ0v) is 18.9. The van der Waals surface area contributed by atoms with Crippen LogP contribution >= 0.6 is 0 Å². The molecule has 10 nitrogen and oxygen atoms in total. The zero-order valence-electron chi connectivity index (χ0n) is 18.9. The lowest BCUT2D eigenvalue weighted by molar-refractivity contribution is 0.0944. The molecule has 4 N–H and O–H groups in total. The number of aromatic hydroxyl groups is 1. The molecule has 1 aliphatic heterocycles. The third-order valence-electron chi connectivity index (χ3n) is 5.54. The molecule has 1 fully saturated rings. The predicted octanol–water partition coefficient (Wildman–Crippen LogP) is 2.71. The summed E-state index contributed by atoms with van der Waals surface area (Å²) in [6.45, 7) is 5.44. The molecule has 2 amide bonds. The van der Waals surface area contributed by atoms with Gasteiger partial charge in [0.2, 0.25) is 5.95 Å². The number of aryl methyl sites for hydroxylation is 1. The highest BCUT2D eigenvalue weighted by Crippen LogP contribution is 2.18. The number of hydrogen-bond acceptors (Lipinski definition) is 8. The average molecular weight is 462 g/mol. The number of likely N-dealkylation sites (tertiary alicyclic amines) is 1. The largest absolute Gasteiger partial charge is 0.508 e. The fourth-order valence-electron chi connectivity index (χ4n) is 3.67. The van der Waals surface area contributed by atoms with Gasteiger partial charge in [0.15, 0.2) is 0 Å². The van der Waals surface area contributed by atoms with Gasteiger partial charge in [-0.1, -0.05) is 6.07 Å². The number of rotatable bonds is 8. The van der Waals surface area contributed by atoms with Gasteiger partial charge in [0.1, 0.15) is 11.4 Å². The lowest BCUT2D eigenvalue weighted by Gasteiger charge is -2.14. The van der Waals surface area contributed by atoms with Gasteiger partial charge >= 0.3 is 0 Å². The van der Waals surface area contributed by atoms with Crippen LogP contribution in [0.5, 0.6) is 5.75 Å². The minimum Gasteiger partial charge on any atom is -0.508 e. The normalized spacial score (nSPS) is 13.4. The number of nitrogens with one attached hydrogen (secondary N) is 3. The standard InChI is InChI=1S/C24H27N7O3/c1-16-4-6-19(32)12-20(16)22(33)29-18-14-27-24(28-15-18)30-17-5-7-21(26-13-17)23(34)25-8-11-31-9-2-3-10-31/h4-7,12-15,32H,2-3,8-11H2,1H3,(H,25,34)(H,29,33)(H,27,28,30). The van der Waals surface area contributed by atoms with Crippen molar-refractivity contribution in [2.45, 2.75) is 19.8 Å². The lowest BCUT2D eigenvalue weighted by Crippen LogP contribution is -2.33. The Labute approximate surface area is 197 Å². The fraction of sp³-hybridized carbons (Fsp3) is 0.292. The second kappa shape index (κ2) is 10.7. The van der Waals surface area contributed by atoms with Gasteiger partial charge in [0.25, 0.3) is 11.8 Å². The number of phenolic OH excluding ortho intramolecular Hbond substituents is 1. The lowest BCUT2D eigenvalue weighted by atomic mass is 10.1. The maximum atomic E-state index is 12.4. The molecular weight excluding hydrogens is 434 g/mol. The molecule has 1 saturated heterocycles. The highest BCUT2D eigenvalue weighted by Gasteiger charge is 2.13. The van der Waals surface area contributed by atoms with Crippen molar-refractivity contribution in [3.63, 3.8) is 0 Å². The molecular formula is C24H27N7O3. The van der Waals surface area contributed by atoms with E-state index < -0.39 is 0 Å². The number of nitrogens with zero attached hydrogens (tertiary/aromatic N) is 4. The summed E-state index contributed by atoms with van der Waals surface area (Å²) in [6.07, 6.45) is 6.94. The molecule has 0 spiro atoms. The van der Waals surface area contributed by atoms with Crippen LogP contribution in [0, 0.1) is 6.92 Å². The van der Waals surface area contributed by atoms with Crippen molar-refractivity contribution >= 4 is 29.1 Å². The van der Waals surface area contributed by atoms with E-state index >= 15 is 0 Å². The van der Waals surface area contributed by atoms with Crippen LogP contribution in [0.25, 0.3) is 0 Å². The van der Waals surface area contributed by atoms with Gasteiger partial charge in [-0.15, -0.1) is 0 Å². The maximum absolute atomic E-state index is 12.4. The molecule has 0 radical (unpaired) electrons. The van der Waals surface area contributed by atoms with E-state index in [4.69, 9.17) is 0 Å². The molecule has 0 aliphatic carbocycles. The summed E-state index contributed by atoms with van der Waals surface area (Å²) in [5.41, 5.74) is 2.49. The second-order valence-electron chi connectivity index (χ2n) is 8.11. The molecule has 1 aliphatic rings. The molecule has 0 saturated carbocycles. The number of carbonyl (C=O) groups is 2. The number of benzene rings is 1. The first-order chi connectivity index (χ1) is 16.5. The van der Waals surface area contributed by atoms with Crippen LogP contribution in [-0.4, -0.2) is 63.0 Å². The summed E-state index contributed by atoms with van der Waals surface area (Å²) < 4.78 is 0. The Balaban J connectivity index is 1.28. The van der Waals surface area contributed by atoms with Crippen LogP contribution in [0.15, 0.2) is 48.9 Å². The van der Waals surface area contributed by atoms with Crippen LogP contribution in [0.1, 0.15) is 39.3 Å². The van der Waals surface area contributed by atoms with Crippen LogP contribution < -0.4 is 16.0 Å². The minimum absolute atomic E-state index is 0.0192. The van der Waals surface area contributed by atoms with E-state index in [1.807, 2.05) is 0 Å². The second-order valence-corrected chi connectivity index (χ2v) is 8.11. The number of amides is 2. The summed E-state index contributed by atoms with van der Waals surface area (Å²) in [5.74, 6) is -0.234. The number of aromatic nitrogens is 3. The third-order valence-corrected chi connectivity index (χ3v) is 5.54. The van der Waals surface area contributed by atoms with E-state index in [9.17, 15) is 14.7 Å². The van der Waals surface area contributed by atoms with Crippen LogP contribution in [0.2, 0.25) is 0 Å². The number of phenols is 1. The minimum atomic E-state index is -0.365. The van der Waals surface area contributed by atoms with Gasteiger partial charge in [-0.2, -0.15) is 0 Å². The Hall–Kier alpha value is -4.05. The van der Waals surface area contributed by atoms with Crippen molar-refractivity contribution in [1.29, 1.82) is 0 Å². The predicted molar refractivity (Wildman–Crippen MR) is 128 cm³/mol. The molecule has 0 atom stereocenters. The molecule has 10 heteroatoms.